The lowest BCUT2D eigenvalue weighted by Crippen LogP contribution is -2.50. The second-order valence-electron chi connectivity index (χ2n) is 11.3. The fourth-order valence-electron chi connectivity index (χ4n) is 7.08. The predicted octanol–water partition coefficient (Wildman–Crippen LogP) is 5.51. The molecule has 4 aromatic rings. The van der Waals surface area contributed by atoms with E-state index in [9.17, 15) is 9.59 Å². The number of piperidine rings is 1. The molecule has 2 fully saturated rings. The van der Waals surface area contributed by atoms with Gasteiger partial charge in [-0.05, 0) is 55.5 Å². The van der Waals surface area contributed by atoms with Gasteiger partial charge in [0, 0.05) is 50.2 Å². The van der Waals surface area contributed by atoms with E-state index in [-0.39, 0.29) is 23.2 Å². The molecule has 3 heterocycles. The Morgan fingerprint density at radius 3 is 2.27 bits per heavy atom. The summed E-state index contributed by atoms with van der Waals surface area (Å²) in [4.78, 5) is 33.1. The van der Waals surface area contributed by atoms with Crippen molar-refractivity contribution in [1.29, 1.82) is 0 Å². The molecule has 1 aliphatic heterocycles. The molecule has 1 saturated carbocycles. The highest BCUT2D eigenvalue weighted by Gasteiger charge is 2.40. The van der Waals surface area contributed by atoms with Gasteiger partial charge in [0.25, 0.3) is 5.91 Å². The Hall–Kier alpha value is -3.71. The lowest BCUT2D eigenvalue weighted by atomic mass is 9.79. The molecule has 40 heavy (non-hydrogen) atoms. The normalized spacial score (nSPS) is 18.4. The number of imidazole rings is 1. The number of pyridine rings is 1. The van der Waals surface area contributed by atoms with Crippen molar-refractivity contribution in [1.82, 2.24) is 24.3 Å². The third-order valence-electron chi connectivity index (χ3n) is 9.09. The third kappa shape index (κ3) is 5.10. The highest BCUT2D eigenvalue weighted by molar-refractivity contribution is 5.93. The number of benzene rings is 2. The van der Waals surface area contributed by atoms with Crippen molar-refractivity contribution in [3.8, 4) is 0 Å². The van der Waals surface area contributed by atoms with Crippen LogP contribution in [0.5, 0.6) is 0 Å². The lowest BCUT2D eigenvalue weighted by molar-refractivity contribution is 0.0354. The molecule has 6 rings (SSSR count). The number of carbonyl (C=O) groups is 1. The van der Waals surface area contributed by atoms with Crippen molar-refractivity contribution < 1.29 is 4.79 Å². The standard InChI is InChI=1S/C33H39N5O2/c39-31(26-11-10-20-34-25-26)35-21-24-37-29-14-6-7-15-30(29)38(32(37)40)28-16-22-36(23-17-28)33(18-8-1-2-9-19-33)27-12-4-3-5-13-27/h3-7,10-15,20,25,28H,1-2,8-9,16-19,21-24H2,(H,35,39). The monoisotopic (exact) mass is 537 g/mol. The summed E-state index contributed by atoms with van der Waals surface area (Å²) in [5.74, 6) is -0.178. The van der Waals surface area contributed by atoms with Crippen LogP contribution in [0.3, 0.4) is 0 Å². The molecule has 1 amide bonds. The molecular weight excluding hydrogens is 498 g/mol. The summed E-state index contributed by atoms with van der Waals surface area (Å²) >= 11 is 0. The van der Waals surface area contributed by atoms with E-state index in [4.69, 9.17) is 0 Å². The second kappa shape index (κ2) is 11.8. The van der Waals surface area contributed by atoms with Crippen LogP contribution in [-0.4, -0.2) is 44.6 Å². The fraction of sp³-hybridized carbons (Fsp3) is 0.424. The third-order valence-corrected chi connectivity index (χ3v) is 9.09. The van der Waals surface area contributed by atoms with E-state index in [0.29, 0.717) is 18.7 Å². The Morgan fingerprint density at radius 1 is 0.875 bits per heavy atom. The molecule has 0 atom stereocenters. The highest BCUT2D eigenvalue weighted by atomic mass is 16.2. The van der Waals surface area contributed by atoms with Crippen LogP contribution in [0.25, 0.3) is 11.0 Å². The molecular formula is C33H39N5O2. The van der Waals surface area contributed by atoms with E-state index < -0.39 is 0 Å². The molecule has 1 saturated heterocycles. The molecule has 2 aromatic heterocycles. The Balaban J connectivity index is 1.21. The first kappa shape index (κ1) is 26.5. The van der Waals surface area contributed by atoms with E-state index in [1.165, 1.54) is 44.1 Å². The zero-order chi connectivity index (χ0) is 27.4. The molecule has 0 spiro atoms. The molecule has 7 nitrogen and oxygen atoms in total. The number of hydrogen-bond acceptors (Lipinski definition) is 4. The van der Waals surface area contributed by atoms with Gasteiger partial charge >= 0.3 is 5.69 Å². The van der Waals surface area contributed by atoms with Crippen LogP contribution in [0.1, 0.15) is 73.3 Å². The van der Waals surface area contributed by atoms with E-state index in [1.54, 1.807) is 24.5 Å². The van der Waals surface area contributed by atoms with Crippen LogP contribution in [-0.2, 0) is 12.1 Å². The number of fused-ring (bicyclic) bond motifs is 1. The van der Waals surface area contributed by atoms with Crippen molar-refractivity contribution in [2.24, 2.45) is 0 Å². The van der Waals surface area contributed by atoms with Crippen LogP contribution >= 0.6 is 0 Å². The van der Waals surface area contributed by atoms with Gasteiger partial charge in [-0.25, -0.2) is 4.79 Å². The molecule has 7 heteroatoms. The number of aromatic nitrogens is 3. The van der Waals surface area contributed by atoms with Crippen LogP contribution in [0.4, 0.5) is 0 Å². The molecule has 2 aliphatic rings. The van der Waals surface area contributed by atoms with Gasteiger partial charge in [0.1, 0.15) is 0 Å². The number of hydrogen-bond donors (Lipinski definition) is 1. The lowest BCUT2D eigenvalue weighted by Gasteiger charge is -2.47. The zero-order valence-corrected chi connectivity index (χ0v) is 23.2. The number of rotatable bonds is 7. The maximum absolute atomic E-state index is 13.8. The topological polar surface area (TPSA) is 72.2 Å². The second-order valence-corrected chi connectivity index (χ2v) is 11.3. The van der Waals surface area contributed by atoms with Crippen LogP contribution in [0, 0.1) is 0 Å². The molecule has 1 aliphatic carbocycles. The minimum absolute atomic E-state index is 0.0162. The van der Waals surface area contributed by atoms with Crippen LogP contribution < -0.4 is 11.0 Å². The van der Waals surface area contributed by atoms with Gasteiger partial charge in [-0.1, -0.05) is 68.1 Å². The van der Waals surface area contributed by atoms with Gasteiger partial charge in [-0.15, -0.1) is 0 Å². The number of para-hydroxylation sites is 2. The molecule has 0 unspecified atom stereocenters. The maximum atomic E-state index is 13.8. The zero-order valence-electron chi connectivity index (χ0n) is 23.2. The average Bonchev–Trinajstić information content (AvgIpc) is 3.14. The Bertz CT molecular complexity index is 1480. The van der Waals surface area contributed by atoms with Crippen molar-refractivity contribution in [2.75, 3.05) is 19.6 Å². The Kier molecular flexibility index (Phi) is 7.82. The van der Waals surface area contributed by atoms with Crippen LogP contribution in [0.2, 0.25) is 0 Å². The molecule has 0 radical (unpaired) electrons. The fourth-order valence-corrected chi connectivity index (χ4v) is 7.08. The van der Waals surface area contributed by atoms with Crippen molar-refractivity contribution >= 4 is 16.9 Å². The van der Waals surface area contributed by atoms with Gasteiger partial charge in [0.05, 0.1) is 16.6 Å². The summed E-state index contributed by atoms with van der Waals surface area (Å²) in [7, 11) is 0. The predicted molar refractivity (Wildman–Crippen MR) is 158 cm³/mol. The van der Waals surface area contributed by atoms with Crippen molar-refractivity contribution in [3.63, 3.8) is 0 Å². The highest BCUT2D eigenvalue weighted by Crippen LogP contribution is 2.43. The largest absolute Gasteiger partial charge is 0.350 e. The number of amides is 1. The molecule has 2 aromatic carbocycles. The van der Waals surface area contributed by atoms with Crippen molar-refractivity contribution in [3.05, 3.63) is 101 Å². The summed E-state index contributed by atoms with van der Waals surface area (Å²) < 4.78 is 3.85. The van der Waals surface area contributed by atoms with Gasteiger partial charge < -0.3 is 5.32 Å². The first-order chi connectivity index (χ1) is 19.7. The number of nitrogens with zero attached hydrogens (tertiary/aromatic N) is 4. The van der Waals surface area contributed by atoms with E-state index in [2.05, 4.69) is 51.6 Å². The number of nitrogens with one attached hydrogen (secondary N) is 1. The van der Waals surface area contributed by atoms with Gasteiger partial charge in [-0.3, -0.25) is 23.8 Å². The summed E-state index contributed by atoms with van der Waals surface area (Å²) in [6, 6.07) is 22.8. The minimum atomic E-state index is -0.178. The Labute approximate surface area is 235 Å². The minimum Gasteiger partial charge on any atom is -0.350 e. The first-order valence-corrected chi connectivity index (χ1v) is 14.9. The number of likely N-dealkylation sites (tertiary alicyclic amines) is 1. The SMILES string of the molecule is O=C(NCCn1c(=O)n(C2CCN(C3(c4ccccc4)CCCCCC3)CC2)c2ccccc21)c1cccnc1. The summed E-state index contributed by atoms with van der Waals surface area (Å²) in [6.07, 6.45) is 12.7. The quantitative estimate of drug-likeness (QED) is 0.316. The molecule has 0 bridgehead atoms. The average molecular weight is 538 g/mol. The van der Waals surface area contributed by atoms with E-state index in [0.717, 1.165) is 37.0 Å². The van der Waals surface area contributed by atoms with E-state index in [1.807, 2.05) is 27.3 Å². The summed E-state index contributed by atoms with van der Waals surface area (Å²) in [5.41, 5.74) is 4.01. The first-order valence-electron chi connectivity index (χ1n) is 14.9. The molecule has 208 valence electrons. The summed E-state index contributed by atoms with van der Waals surface area (Å²) in [6.45, 7) is 2.79. The van der Waals surface area contributed by atoms with Crippen LogP contribution in [0.15, 0.2) is 83.9 Å². The van der Waals surface area contributed by atoms with Gasteiger partial charge in [0.2, 0.25) is 0 Å². The van der Waals surface area contributed by atoms with E-state index >= 15 is 0 Å². The van der Waals surface area contributed by atoms with Gasteiger partial charge in [-0.2, -0.15) is 0 Å². The van der Waals surface area contributed by atoms with Crippen molar-refractivity contribution in [2.45, 2.75) is 69.5 Å². The smallest absolute Gasteiger partial charge is 0.329 e. The van der Waals surface area contributed by atoms with Gasteiger partial charge in [0.15, 0.2) is 0 Å². The molecule has 1 N–H and O–H groups in total. The maximum Gasteiger partial charge on any atom is 0.329 e. The Morgan fingerprint density at radius 2 is 1.57 bits per heavy atom. The number of carbonyl (C=O) groups excluding carboxylic acids is 1. The summed E-state index contributed by atoms with van der Waals surface area (Å²) in [5, 5.41) is 2.94.